The fourth-order valence-electron chi connectivity index (χ4n) is 2.05. The first-order valence-electron chi connectivity index (χ1n) is 5.32. The van der Waals surface area contributed by atoms with Gasteiger partial charge < -0.3 is 5.73 Å². The minimum absolute atomic E-state index is 0.0620. The molecular formula is C14H17N. The third-order valence-corrected chi connectivity index (χ3v) is 3.05. The summed E-state index contributed by atoms with van der Waals surface area (Å²) < 4.78 is 0. The third kappa shape index (κ3) is 1.96. The van der Waals surface area contributed by atoms with Gasteiger partial charge in [-0.3, -0.25) is 0 Å². The molecule has 0 fully saturated rings. The molecule has 0 saturated carbocycles. The Morgan fingerprint density at radius 2 is 1.87 bits per heavy atom. The van der Waals surface area contributed by atoms with Crippen molar-refractivity contribution in [1.29, 1.82) is 0 Å². The predicted octanol–water partition coefficient (Wildman–Crippen LogP) is 3.06. The lowest BCUT2D eigenvalue weighted by atomic mass is 9.76. The molecule has 1 nitrogen and oxygen atoms in total. The van der Waals surface area contributed by atoms with E-state index in [9.17, 15) is 0 Å². The van der Waals surface area contributed by atoms with Gasteiger partial charge in [-0.2, -0.15) is 0 Å². The van der Waals surface area contributed by atoms with Crippen LogP contribution in [-0.4, -0.2) is 0 Å². The summed E-state index contributed by atoms with van der Waals surface area (Å²) in [5, 5.41) is 0. The highest BCUT2D eigenvalue weighted by Gasteiger charge is 2.24. The number of nitrogens with two attached hydrogens (primary N) is 1. The number of hydrogen-bond acceptors (Lipinski definition) is 1. The van der Waals surface area contributed by atoms with Crippen LogP contribution in [0.2, 0.25) is 0 Å². The molecule has 2 rings (SSSR count). The molecule has 1 atom stereocenters. The summed E-state index contributed by atoms with van der Waals surface area (Å²) >= 11 is 0. The van der Waals surface area contributed by atoms with Crippen LogP contribution < -0.4 is 5.73 Å². The molecule has 1 aromatic rings. The van der Waals surface area contributed by atoms with Gasteiger partial charge in [-0.05, 0) is 25.0 Å². The molecule has 15 heavy (non-hydrogen) atoms. The summed E-state index contributed by atoms with van der Waals surface area (Å²) in [6, 6.07) is 8.70. The molecule has 1 unspecified atom stereocenters. The van der Waals surface area contributed by atoms with E-state index in [4.69, 9.17) is 5.73 Å². The summed E-state index contributed by atoms with van der Waals surface area (Å²) in [5.74, 6) is 0. The van der Waals surface area contributed by atoms with E-state index in [2.05, 4.69) is 50.3 Å². The quantitative estimate of drug-likeness (QED) is 0.739. The highest BCUT2D eigenvalue weighted by atomic mass is 14.6. The van der Waals surface area contributed by atoms with Gasteiger partial charge in [-0.25, -0.2) is 0 Å². The van der Waals surface area contributed by atoms with E-state index in [0.29, 0.717) is 0 Å². The van der Waals surface area contributed by atoms with Crippen molar-refractivity contribution in [2.45, 2.75) is 25.7 Å². The molecule has 1 aromatic carbocycles. The Kier molecular flexibility index (Phi) is 2.39. The molecule has 0 heterocycles. The Labute approximate surface area is 91.3 Å². The molecule has 0 radical (unpaired) electrons. The standard InChI is InChI=1S/C14H17N/c1-11-5-7-12(8-6-11)14(2)9-3-4-13(15)10-14/h3-8,10H,9,15H2,1-2H3. The molecule has 2 N–H and O–H groups in total. The summed E-state index contributed by atoms with van der Waals surface area (Å²) in [7, 11) is 0. The normalized spacial score (nSPS) is 25.1. The first-order valence-corrected chi connectivity index (χ1v) is 5.32. The zero-order valence-electron chi connectivity index (χ0n) is 9.33. The Morgan fingerprint density at radius 3 is 2.47 bits per heavy atom. The van der Waals surface area contributed by atoms with Gasteiger partial charge >= 0.3 is 0 Å². The summed E-state index contributed by atoms with van der Waals surface area (Å²) in [5.41, 5.74) is 9.41. The molecule has 1 aliphatic carbocycles. The Bertz CT molecular complexity index is 411. The largest absolute Gasteiger partial charge is 0.399 e. The third-order valence-electron chi connectivity index (χ3n) is 3.05. The molecular weight excluding hydrogens is 182 g/mol. The van der Waals surface area contributed by atoms with Crippen LogP contribution in [-0.2, 0) is 5.41 Å². The zero-order chi connectivity index (χ0) is 10.9. The average Bonchev–Trinajstić information content (AvgIpc) is 2.18. The van der Waals surface area contributed by atoms with Crippen molar-refractivity contribution in [3.8, 4) is 0 Å². The Morgan fingerprint density at radius 1 is 1.20 bits per heavy atom. The monoisotopic (exact) mass is 199 g/mol. The van der Waals surface area contributed by atoms with Gasteiger partial charge in [0.15, 0.2) is 0 Å². The summed E-state index contributed by atoms with van der Waals surface area (Å²) in [6.07, 6.45) is 7.31. The topological polar surface area (TPSA) is 26.0 Å². The van der Waals surface area contributed by atoms with Gasteiger partial charge in [0.1, 0.15) is 0 Å². The van der Waals surface area contributed by atoms with Crippen molar-refractivity contribution >= 4 is 0 Å². The fraction of sp³-hybridized carbons (Fsp3) is 0.286. The highest BCUT2D eigenvalue weighted by molar-refractivity contribution is 5.38. The molecule has 0 bridgehead atoms. The summed E-state index contributed by atoms with van der Waals surface area (Å²) in [6.45, 7) is 4.34. The van der Waals surface area contributed by atoms with Gasteiger partial charge in [-0.15, -0.1) is 0 Å². The Balaban J connectivity index is 2.38. The van der Waals surface area contributed by atoms with Crippen LogP contribution >= 0.6 is 0 Å². The maximum atomic E-state index is 5.85. The van der Waals surface area contributed by atoms with Gasteiger partial charge in [0.2, 0.25) is 0 Å². The SMILES string of the molecule is Cc1ccc(C2(C)C=C(N)C=CC2)cc1. The van der Waals surface area contributed by atoms with Crippen LogP contribution in [0.15, 0.2) is 48.2 Å². The molecule has 0 amide bonds. The number of hydrogen-bond donors (Lipinski definition) is 1. The van der Waals surface area contributed by atoms with Crippen LogP contribution in [0.3, 0.4) is 0 Å². The van der Waals surface area contributed by atoms with E-state index in [0.717, 1.165) is 12.1 Å². The second-order valence-electron chi connectivity index (χ2n) is 4.53. The smallest absolute Gasteiger partial charge is 0.0279 e. The number of benzene rings is 1. The Hall–Kier alpha value is -1.50. The minimum Gasteiger partial charge on any atom is -0.399 e. The predicted molar refractivity (Wildman–Crippen MR) is 64.6 cm³/mol. The van der Waals surface area contributed by atoms with Gasteiger partial charge in [0.25, 0.3) is 0 Å². The van der Waals surface area contributed by atoms with Crippen molar-refractivity contribution in [2.75, 3.05) is 0 Å². The molecule has 1 aliphatic rings. The van der Waals surface area contributed by atoms with Crippen LogP contribution in [0.4, 0.5) is 0 Å². The van der Waals surface area contributed by atoms with Crippen LogP contribution in [0.25, 0.3) is 0 Å². The van der Waals surface area contributed by atoms with E-state index < -0.39 is 0 Å². The van der Waals surface area contributed by atoms with Crippen LogP contribution in [0.5, 0.6) is 0 Å². The van der Waals surface area contributed by atoms with E-state index in [1.807, 2.05) is 6.08 Å². The van der Waals surface area contributed by atoms with E-state index in [1.54, 1.807) is 0 Å². The van der Waals surface area contributed by atoms with Gasteiger partial charge in [0.05, 0.1) is 0 Å². The number of rotatable bonds is 1. The van der Waals surface area contributed by atoms with Crippen molar-refractivity contribution in [1.82, 2.24) is 0 Å². The van der Waals surface area contributed by atoms with Crippen molar-refractivity contribution in [3.63, 3.8) is 0 Å². The second kappa shape index (κ2) is 3.58. The molecule has 1 heteroatoms. The van der Waals surface area contributed by atoms with E-state index >= 15 is 0 Å². The minimum atomic E-state index is 0.0620. The van der Waals surface area contributed by atoms with Gasteiger partial charge in [-0.1, -0.05) is 48.9 Å². The maximum absolute atomic E-state index is 5.85. The molecule has 0 spiro atoms. The molecule has 78 valence electrons. The van der Waals surface area contributed by atoms with Crippen molar-refractivity contribution in [2.24, 2.45) is 5.73 Å². The first-order chi connectivity index (χ1) is 7.10. The van der Waals surface area contributed by atoms with Crippen LogP contribution in [0, 0.1) is 6.92 Å². The molecule has 0 aliphatic heterocycles. The lowest BCUT2D eigenvalue weighted by molar-refractivity contribution is 0.594. The molecule has 0 saturated heterocycles. The lowest BCUT2D eigenvalue weighted by Crippen LogP contribution is -2.22. The van der Waals surface area contributed by atoms with Crippen molar-refractivity contribution in [3.05, 3.63) is 59.3 Å². The average molecular weight is 199 g/mol. The molecule has 0 aromatic heterocycles. The van der Waals surface area contributed by atoms with Gasteiger partial charge in [0, 0.05) is 11.1 Å². The maximum Gasteiger partial charge on any atom is 0.0279 e. The highest BCUT2D eigenvalue weighted by Crippen LogP contribution is 2.33. The summed E-state index contributed by atoms with van der Waals surface area (Å²) in [4.78, 5) is 0. The second-order valence-corrected chi connectivity index (χ2v) is 4.53. The lowest BCUT2D eigenvalue weighted by Gasteiger charge is -2.28. The van der Waals surface area contributed by atoms with E-state index in [-0.39, 0.29) is 5.41 Å². The number of aryl methyl sites for hydroxylation is 1. The van der Waals surface area contributed by atoms with Crippen molar-refractivity contribution < 1.29 is 0 Å². The van der Waals surface area contributed by atoms with Crippen LogP contribution in [0.1, 0.15) is 24.5 Å². The fourth-order valence-corrected chi connectivity index (χ4v) is 2.05. The number of allylic oxidation sites excluding steroid dienone is 3. The first kappa shape index (κ1) is 10.0. The van der Waals surface area contributed by atoms with E-state index in [1.165, 1.54) is 11.1 Å². The zero-order valence-corrected chi connectivity index (χ0v) is 9.33.